The first-order valence-electron chi connectivity index (χ1n) is 13.4. The number of benzene rings is 2. The number of nitrogens with one attached hydrogen (secondary N) is 1. The molecular weight excluding hydrogens is 561 g/mol. The van der Waals surface area contributed by atoms with Crippen LogP contribution in [-0.4, -0.2) is 65.5 Å². The minimum atomic E-state index is -1.02. The molecule has 6 nitrogen and oxygen atoms in total. The Labute approximate surface area is 250 Å². The molecule has 2 N–H and O–H groups in total. The summed E-state index contributed by atoms with van der Waals surface area (Å²) in [5.41, 5.74) is 4.17. The fourth-order valence-corrected chi connectivity index (χ4v) is 6.79. The van der Waals surface area contributed by atoms with Crippen LogP contribution < -0.4 is 5.32 Å². The Balaban J connectivity index is 1.88. The van der Waals surface area contributed by atoms with Crippen molar-refractivity contribution in [1.82, 2.24) is 10.2 Å². The molecule has 0 saturated heterocycles. The molecule has 2 aromatic carbocycles. The predicted molar refractivity (Wildman–Crippen MR) is 171 cm³/mol. The summed E-state index contributed by atoms with van der Waals surface area (Å²) in [6.45, 7) is 5.48. The SMILES string of the molecule is CCSC[C@H](OCc1ccc(C(=O)N[C@@H](CCSC)C(=O)O)c(-c2ccccc2C)c1)c1ccc(CN(C)C)s1. The normalized spacial score (nSPS) is 12.8. The van der Waals surface area contributed by atoms with E-state index in [0.717, 1.165) is 40.3 Å². The van der Waals surface area contributed by atoms with Crippen LogP contribution in [0.25, 0.3) is 11.1 Å². The van der Waals surface area contributed by atoms with Crippen LogP contribution in [0.1, 0.15) is 50.7 Å². The molecule has 0 aliphatic carbocycles. The third kappa shape index (κ3) is 9.38. The van der Waals surface area contributed by atoms with Crippen LogP contribution in [0.4, 0.5) is 0 Å². The fraction of sp³-hybridized carbons (Fsp3) is 0.419. The minimum absolute atomic E-state index is 0.0245. The Morgan fingerprint density at radius 1 is 1.10 bits per heavy atom. The quantitative estimate of drug-likeness (QED) is 0.189. The number of amides is 1. The molecule has 0 saturated carbocycles. The van der Waals surface area contributed by atoms with Gasteiger partial charge in [0.25, 0.3) is 5.91 Å². The van der Waals surface area contributed by atoms with Gasteiger partial charge in [0.15, 0.2) is 0 Å². The summed E-state index contributed by atoms with van der Waals surface area (Å²) in [6, 6.07) is 17.0. The number of carboxylic acid groups (broad SMARTS) is 1. The van der Waals surface area contributed by atoms with Gasteiger partial charge in [0.05, 0.1) is 6.61 Å². The van der Waals surface area contributed by atoms with E-state index in [9.17, 15) is 14.7 Å². The second-order valence-electron chi connectivity index (χ2n) is 9.84. The molecule has 0 spiro atoms. The first kappa shape index (κ1) is 32.2. The maximum Gasteiger partial charge on any atom is 0.326 e. The highest BCUT2D eigenvalue weighted by Crippen LogP contribution is 2.32. The second kappa shape index (κ2) is 16.2. The van der Waals surface area contributed by atoms with Gasteiger partial charge >= 0.3 is 5.97 Å². The van der Waals surface area contributed by atoms with Crippen LogP contribution >= 0.6 is 34.9 Å². The Morgan fingerprint density at radius 2 is 1.88 bits per heavy atom. The Hall–Kier alpha value is -2.30. The molecule has 0 unspecified atom stereocenters. The van der Waals surface area contributed by atoms with E-state index >= 15 is 0 Å². The van der Waals surface area contributed by atoms with Crippen LogP contribution in [0, 0.1) is 6.92 Å². The van der Waals surface area contributed by atoms with Gasteiger partial charge in [-0.05, 0) is 91.7 Å². The lowest BCUT2D eigenvalue weighted by Gasteiger charge is -2.19. The molecule has 0 aliphatic heterocycles. The third-order valence-electron chi connectivity index (χ3n) is 6.37. The van der Waals surface area contributed by atoms with Crippen molar-refractivity contribution in [2.45, 2.75) is 45.6 Å². The Morgan fingerprint density at radius 3 is 2.55 bits per heavy atom. The highest BCUT2D eigenvalue weighted by atomic mass is 32.2. The van der Waals surface area contributed by atoms with Crippen LogP contribution in [0.15, 0.2) is 54.6 Å². The molecule has 1 amide bonds. The molecule has 1 aromatic heterocycles. The summed E-state index contributed by atoms with van der Waals surface area (Å²) in [5.74, 6) is 1.13. The minimum Gasteiger partial charge on any atom is -0.480 e. The number of carboxylic acids is 1. The zero-order valence-electron chi connectivity index (χ0n) is 23.9. The molecular formula is C31H40N2O4S3. The molecule has 216 valence electrons. The maximum atomic E-state index is 13.4. The van der Waals surface area contributed by atoms with E-state index in [1.54, 1.807) is 29.2 Å². The third-order valence-corrected chi connectivity index (χ3v) is 9.13. The lowest BCUT2D eigenvalue weighted by molar-refractivity contribution is -0.139. The van der Waals surface area contributed by atoms with Gasteiger partial charge < -0.3 is 20.1 Å². The van der Waals surface area contributed by atoms with Gasteiger partial charge in [-0.1, -0.05) is 37.3 Å². The standard InChI is InChI=1S/C31H40N2O4S3/c1-6-39-20-28(29-14-12-23(40-29)18-33(3)4)37-19-22-11-13-25(26(17-22)24-10-8-7-9-21(24)2)30(34)32-27(31(35)36)15-16-38-5/h7-14,17,27-28H,6,15-16,18-20H2,1-5H3,(H,32,34)(H,35,36)/t27-,28-/m0/s1. The van der Waals surface area contributed by atoms with E-state index in [1.807, 2.05) is 61.3 Å². The summed E-state index contributed by atoms with van der Waals surface area (Å²) in [4.78, 5) is 29.9. The summed E-state index contributed by atoms with van der Waals surface area (Å²) in [5, 5.41) is 12.4. The van der Waals surface area contributed by atoms with Crippen LogP contribution in [0.3, 0.4) is 0 Å². The van der Waals surface area contributed by atoms with E-state index in [2.05, 4.69) is 43.4 Å². The fourth-order valence-electron chi connectivity index (χ4n) is 4.30. The number of rotatable bonds is 16. The number of aryl methyl sites for hydroxylation is 1. The summed E-state index contributed by atoms with van der Waals surface area (Å²) in [6.07, 6.45) is 2.26. The number of hydrogen-bond donors (Lipinski definition) is 2. The van der Waals surface area contributed by atoms with Gasteiger partial charge in [0.2, 0.25) is 0 Å². The average Bonchev–Trinajstić information content (AvgIpc) is 3.38. The number of carbonyl (C=O) groups excluding carboxylic acids is 1. The van der Waals surface area contributed by atoms with Crippen molar-refractivity contribution in [2.24, 2.45) is 0 Å². The van der Waals surface area contributed by atoms with Crippen LogP contribution in [-0.2, 0) is 22.7 Å². The Bertz CT molecular complexity index is 1260. The Kier molecular flexibility index (Phi) is 13.1. The topological polar surface area (TPSA) is 78.9 Å². The highest BCUT2D eigenvalue weighted by molar-refractivity contribution is 7.99. The van der Waals surface area contributed by atoms with Gasteiger partial charge in [-0.3, -0.25) is 4.79 Å². The molecule has 3 aromatic rings. The second-order valence-corrected chi connectivity index (χ2v) is 13.3. The number of hydrogen-bond acceptors (Lipinski definition) is 7. The van der Waals surface area contributed by atoms with Crippen molar-refractivity contribution in [1.29, 1.82) is 0 Å². The number of carbonyl (C=O) groups is 2. The van der Waals surface area contributed by atoms with Gasteiger partial charge in [-0.15, -0.1) is 11.3 Å². The van der Waals surface area contributed by atoms with E-state index in [4.69, 9.17) is 4.74 Å². The number of ether oxygens (including phenoxy) is 1. The largest absolute Gasteiger partial charge is 0.480 e. The molecule has 3 rings (SSSR count). The van der Waals surface area contributed by atoms with E-state index in [0.29, 0.717) is 24.3 Å². The van der Waals surface area contributed by atoms with Crippen molar-refractivity contribution in [3.63, 3.8) is 0 Å². The van der Waals surface area contributed by atoms with Crippen LogP contribution in [0.5, 0.6) is 0 Å². The molecule has 0 bridgehead atoms. The van der Waals surface area contributed by atoms with Crippen molar-refractivity contribution < 1.29 is 19.4 Å². The number of aliphatic carboxylic acids is 1. The molecule has 40 heavy (non-hydrogen) atoms. The first-order chi connectivity index (χ1) is 19.2. The van der Waals surface area contributed by atoms with E-state index in [-0.39, 0.29) is 12.0 Å². The zero-order chi connectivity index (χ0) is 29.1. The van der Waals surface area contributed by atoms with Crippen molar-refractivity contribution in [3.8, 4) is 11.1 Å². The van der Waals surface area contributed by atoms with E-state index < -0.39 is 12.0 Å². The molecule has 2 atom stereocenters. The van der Waals surface area contributed by atoms with Crippen molar-refractivity contribution >= 4 is 46.7 Å². The van der Waals surface area contributed by atoms with Gasteiger partial charge in [-0.2, -0.15) is 23.5 Å². The lowest BCUT2D eigenvalue weighted by Crippen LogP contribution is -2.41. The number of nitrogens with zero attached hydrogens (tertiary/aromatic N) is 1. The van der Waals surface area contributed by atoms with Crippen molar-refractivity contribution in [3.05, 3.63) is 81.0 Å². The monoisotopic (exact) mass is 600 g/mol. The molecule has 9 heteroatoms. The zero-order valence-corrected chi connectivity index (χ0v) is 26.4. The first-order valence-corrected chi connectivity index (χ1v) is 16.7. The smallest absolute Gasteiger partial charge is 0.326 e. The lowest BCUT2D eigenvalue weighted by atomic mass is 9.93. The number of thioether (sulfide) groups is 2. The summed E-state index contributed by atoms with van der Waals surface area (Å²) in [7, 11) is 4.14. The molecule has 0 fully saturated rings. The predicted octanol–water partition coefficient (Wildman–Crippen LogP) is 6.73. The molecule has 1 heterocycles. The highest BCUT2D eigenvalue weighted by Gasteiger charge is 2.23. The summed E-state index contributed by atoms with van der Waals surface area (Å²) >= 11 is 5.21. The summed E-state index contributed by atoms with van der Waals surface area (Å²) < 4.78 is 6.49. The van der Waals surface area contributed by atoms with Crippen LogP contribution in [0.2, 0.25) is 0 Å². The van der Waals surface area contributed by atoms with Gasteiger partial charge in [0, 0.05) is 27.6 Å². The maximum absolute atomic E-state index is 13.4. The van der Waals surface area contributed by atoms with E-state index in [1.165, 1.54) is 9.75 Å². The number of thiophene rings is 1. The van der Waals surface area contributed by atoms with Gasteiger partial charge in [-0.25, -0.2) is 4.79 Å². The molecule has 0 radical (unpaired) electrons. The average molecular weight is 601 g/mol. The van der Waals surface area contributed by atoms with Gasteiger partial charge in [0.1, 0.15) is 12.1 Å². The molecule has 0 aliphatic rings. The van der Waals surface area contributed by atoms with Crippen molar-refractivity contribution in [2.75, 3.05) is 37.6 Å².